The molecule has 0 aliphatic carbocycles. The van der Waals surface area contributed by atoms with Gasteiger partial charge in [0.1, 0.15) is 18.4 Å². The average molecular weight is 300 g/mol. The third-order valence-corrected chi connectivity index (χ3v) is 3.54. The van der Waals surface area contributed by atoms with Gasteiger partial charge in [-0.2, -0.15) is 0 Å². The van der Waals surface area contributed by atoms with Gasteiger partial charge in [0.05, 0.1) is 12.3 Å². The molecule has 1 aromatic heterocycles. The molecule has 1 unspecified atom stereocenters. The first-order valence-electron chi connectivity index (χ1n) is 6.89. The summed E-state index contributed by atoms with van der Waals surface area (Å²) in [4.78, 5) is 16.4. The highest BCUT2D eigenvalue weighted by Gasteiger charge is 2.19. The van der Waals surface area contributed by atoms with Gasteiger partial charge in [-0.1, -0.05) is 18.2 Å². The van der Waals surface area contributed by atoms with Gasteiger partial charge >= 0.3 is 0 Å². The molecule has 21 heavy (non-hydrogen) atoms. The highest BCUT2D eigenvalue weighted by molar-refractivity contribution is 6.70. The summed E-state index contributed by atoms with van der Waals surface area (Å²) in [6.45, 7) is 8.54. The number of benzene rings is 1. The molecule has 1 heterocycles. The van der Waals surface area contributed by atoms with Crippen molar-refractivity contribution < 1.29 is 4.43 Å². The molecule has 0 fully saturated rings. The zero-order valence-corrected chi connectivity index (χ0v) is 13.8. The third-order valence-electron chi connectivity index (χ3n) is 2.71. The van der Waals surface area contributed by atoms with E-state index in [9.17, 15) is 0 Å². The summed E-state index contributed by atoms with van der Waals surface area (Å²) in [5.74, 6) is 1.47. The van der Waals surface area contributed by atoms with E-state index in [4.69, 9.17) is 4.43 Å². The normalized spacial score (nSPS) is 13.3. The molecule has 2 rings (SSSR count). The van der Waals surface area contributed by atoms with Crippen LogP contribution in [0.15, 0.2) is 41.9 Å². The summed E-state index contributed by atoms with van der Waals surface area (Å²) in [6.07, 6.45) is 4.58. The molecule has 5 nitrogen and oxygen atoms in total. The van der Waals surface area contributed by atoms with Gasteiger partial charge in [-0.05, 0) is 32.6 Å². The second-order valence-corrected chi connectivity index (χ2v) is 10.1. The van der Waals surface area contributed by atoms with Crippen molar-refractivity contribution in [1.29, 1.82) is 0 Å². The Balaban J connectivity index is 2.19. The van der Waals surface area contributed by atoms with Crippen LogP contribution in [-0.2, 0) is 0 Å². The fourth-order valence-corrected chi connectivity index (χ4v) is 2.67. The van der Waals surface area contributed by atoms with E-state index < -0.39 is 8.32 Å². The third kappa shape index (κ3) is 4.75. The number of hydrogen-bond acceptors (Lipinski definition) is 5. The first kappa shape index (κ1) is 15.3. The number of hydrogen-bond donors (Lipinski definition) is 0. The predicted octanol–water partition coefficient (Wildman–Crippen LogP) is 3.27. The molecule has 1 aromatic carbocycles. The quantitative estimate of drug-likeness (QED) is 0.628. The van der Waals surface area contributed by atoms with Gasteiger partial charge in [-0.25, -0.2) is 15.0 Å². The molecule has 0 radical (unpaired) electrons. The van der Waals surface area contributed by atoms with Crippen molar-refractivity contribution in [3.05, 3.63) is 48.3 Å². The van der Waals surface area contributed by atoms with Crippen LogP contribution in [0.2, 0.25) is 19.6 Å². The van der Waals surface area contributed by atoms with Crippen LogP contribution in [0.5, 0.6) is 5.75 Å². The Bertz CT molecular complexity index is 611. The Kier molecular flexibility index (Phi) is 4.80. The summed E-state index contributed by atoms with van der Waals surface area (Å²) < 4.78 is 6.13. The molecule has 0 saturated carbocycles. The van der Waals surface area contributed by atoms with Crippen LogP contribution in [0, 0.1) is 0 Å². The first-order valence-corrected chi connectivity index (χ1v) is 10.3. The van der Waals surface area contributed by atoms with E-state index >= 15 is 0 Å². The van der Waals surface area contributed by atoms with Crippen LogP contribution < -0.4 is 4.43 Å². The molecule has 0 aliphatic rings. The molecule has 0 bridgehead atoms. The maximum absolute atomic E-state index is 6.13. The highest BCUT2D eigenvalue weighted by atomic mass is 28.4. The van der Waals surface area contributed by atoms with Crippen molar-refractivity contribution in [3.8, 4) is 5.75 Å². The standard InChI is InChI=1S/C15H20N4OSi/c1-12(17-9-15-18-10-16-11-19-15)13-7-5-6-8-14(13)20-21(2,3)4/h5-12H,1-4H3. The van der Waals surface area contributed by atoms with E-state index in [0.717, 1.165) is 11.3 Å². The van der Waals surface area contributed by atoms with Gasteiger partial charge in [0.2, 0.25) is 8.32 Å². The molecule has 2 aromatic rings. The monoisotopic (exact) mass is 300 g/mol. The smallest absolute Gasteiger partial charge is 0.242 e. The van der Waals surface area contributed by atoms with Crippen molar-refractivity contribution >= 4 is 14.5 Å². The lowest BCUT2D eigenvalue weighted by Gasteiger charge is -2.22. The van der Waals surface area contributed by atoms with E-state index in [1.807, 2.05) is 31.2 Å². The maximum atomic E-state index is 6.13. The summed E-state index contributed by atoms with van der Waals surface area (Å²) >= 11 is 0. The lowest BCUT2D eigenvalue weighted by atomic mass is 10.1. The molecule has 6 heteroatoms. The SMILES string of the molecule is CC(N=Cc1ncncn1)c1ccccc1O[Si](C)(C)C. The fourth-order valence-electron chi connectivity index (χ4n) is 1.82. The Labute approximate surface area is 126 Å². The summed E-state index contributed by atoms with van der Waals surface area (Å²) in [6, 6.07) is 8.02. The minimum Gasteiger partial charge on any atom is -0.544 e. The molecule has 0 spiro atoms. The van der Waals surface area contributed by atoms with Gasteiger partial charge in [0.25, 0.3) is 0 Å². The largest absolute Gasteiger partial charge is 0.544 e. The van der Waals surface area contributed by atoms with Crippen molar-refractivity contribution in [3.63, 3.8) is 0 Å². The van der Waals surface area contributed by atoms with Gasteiger partial charge in [0.15, 0.2) is 5.82 Å². The molecule has 1 atom stereocenters. The second kappa shape index (κ2) is 6.58. The lowest BCUT2D eigenvalue weighted by molar-refractivity contribution is 0.543. The number of nitrogens with zero attached hydrogens (tertiary/aromatic N) is 4. The molecule has 0 saturated heterocycles. The zero-order valence-electron chi connectivity index (χ0n) is 12.8. The number of aliphatic imine (C=N–C) groups is 1. The van der Waals surface area contributed by atoms with Gasteiger partial charge < -0.3 is 4.43 Å². The molecule has 0 N–H and O–H groups in total. The van der Waals surface area contributed by atoms with Crippen LogP contribution in [-0.4, -0.2) is 29.5 Å². The van der Waals surface area contributed by atoms with Crippen LogP contribution in [0.1, 0.15) is 24.4 Å². The minimum absolute atomic E-state index is 0.0192. The highest BCUT2D eigenvalue weighted by Crippen LogP contribution is 2.29. The van der Waals surface area contributed by atoms with E-state index in [0.29, 0.717) is 5.82 Å². The van der Waals surface area contributed by atoms with Gasteiger partial charge in [-0.3, -0.25) is 4.99 Å². The van der Waals surface area contributed by atoms with Gasteiger partial charge in [0, 0.05) is 5.56 Å². The zero-order chi connectivity index (χ0) is 15.3. The number of aromatic nitrogens is 3. The maximum Gasteiger partial charge on any atom is 0.242 e. The second-order valence-electron chi connectivity index (χ2n) is 5.70. The summed E-state index contributed by atoms with van der Waals surface area (Å²) in [5, 5.41) is 0. The Morgan fingerprint density at radius 1 is 1.14 bits per heavy atom. The fraction of sp³-hybridized carbons (Fsp3) is 0.333. The van der Waals surface area contributed by atoms with E-state index in [-0.39, 0.29) is 6.04 Å². The van der Waals surface area contributed by atoms with E-state index in [2.05, 4.69) is 39.6 Å². The molecule has 0 amide bonds. The van der Waals surface area contributed by atoms with Crippen LogP contribution >= 0.6 is 0 Å². The van der Waals surface area contributed by atoms with Gasteiger partial charge in [-0.15, -0.1) is 0 Å². The first-order chi connectivity index (χ1) is 9.96. The topological polar surface area (TPSA) is 60.3 Å². The van der Waals surface area contributed by atoms with Crippen molar-refractivity contribution in [2.45, 2.75) is 32.6 Å². The van der Waals surface area contributed by atoms with Crippen LogP contribution in [0.25, 0.3) is 0 Å². The molecule has 110 valence electrons. The number of para-hydroxylation sites is 1. The molecular formula is C15H20N4OSi. The van der Waals surface area contributed by atoms with Crippen LogP contribution in [0.3, 0.4) is 0 Å². The summed E-state index contributed by atoms with van der Waals surface area (Å²) in [7, 11) is -1.65. The Morgan fingerprint density at radius 3 is 2.48 bits per heavy atom. The van der Waals surface area contributed by atoms with Crippen molar-refractivity contribution in [2.75, 3.05) is 0 Å². The van der Waals surface area contributed by atoms with Crippen LogP contribution in [0.4, 0.5) is 0 Å². The summed E-state index contributed by atoms with van der Waals surface area (Å²) in [5.41, 5.74) is 1.07. The van der Waals surface area contributed by atoms with Crippen molar-refractivity contribution in [1.82, 2.24) is 15.0 Å². The Hall–Kier alpha value is -2.08. The lowest BCUT2D eigenvalue weighted by Crippen LogP contribution is -2.29. The minimum atomic E-state index is -1.65. The number of rotatable bonds is 5. The molecular weight excluding hydrogens is 280 g/mol. The van der Waals surface area contributed by atoms with Crippen molar-refractivity contribution in [2.24, 2.45) is 4.99 Å². The van der Waals surface area contributed by atoms with E-state index in [1.54, 1.807) is 6.21 Å². The predicted molar refractivity (Wildman–Crippen MR) is 86.3 cm³/mol. The van der Waals surface area contributed by atoms with E-state index in [1.165, 1.54) is 12.7 Å². The average Bonchev–Trinajstić information content (AvgIpc) is 2.45. The Morgan fingerprint density at radius 2 is 1.81 bits per heavy atom. The molecule has 0 aliphatic heterocycles.